The van der Waals surface area contributed by atoms with Crippen molar-refractivity contribution in [2.45, 2.75) is 13.8 Å². The fourth-order valence-electron chi connectivity index (χ4n) is 2.44. The lowest BCUT2D eigenvalue weighted by molar-refractivity contribution is -0.119. The van der Waals surface area contributed by atoms with E-state index in [-0.39, 0.29) is 0 Å². The number of anilines is 1. The second kappa shape index (κ2) is 9.07. The molecule has 2 aromatic rings. The van der Waals surface area contributed by atoms with Gasteiger partial charge in [0, 0.05) is 5.02 Å². The number of halogens is 1. The fraction of sp³-hybridized carbons (Fsp3) is 0.263. The van der Waals surface area contributed by atoms with E-state index < -0.39 is 22.5 Å². The SMILES string of the molecule is COc1ccc(/C(C)=N\NC(=O)CN(c2cc(Cl)ccc2C)S(C)(=O)=O)cc1. The number of methoxy groups -OCH3 is 1. The maximum Gasteiger partial charge on any atom is 0.260 e. The van der Waals surface area contributed by atoms with Crippen molar-refractivity contribution in [3.05, 3.63) is 58.6 Å². The molecule has 2 aromatic carbocycles. The average Bonchev–Trinajstić information content (AvgIpc) is 2.65. The Morgan fingerprint density at radius 3 is 2.43 bits per heavy atom. The molecule has 28 heavy (non-hydrogen) atoms. The predicted octanol–water partition coefficient (Wildman–Crippen LogP) is 2.96. The summed E-state index contributed by atoms with van der Waals surface area (Å²) in [6.07, 6.45) is 1.03. The molecule has 0 fully saturated rings. The van der Waals surface area contributed by atoms with Gasteiger partial charge in [0.15, 0.2) is 0 Å². The van der Waals surface area contributed by atoms with Crippen LogP contribution in [0.2, 0.25) is 5.02 Å². The third kappa shape index (κ3) is 5.71. The van der Waals surface area contributed by atoms with Crippen LogP contribution in [-0.2, 0) is 14.8 Å². The van der Waals surface area contributed by atoms with Gasteiger partial charge in [-0.05, 0) is 61.4 Å². The quantitative estimate of drug-likeness (QED) is 0.547. The van der Waals surface area contributed by atoms with Crippen LogP contribution in [0.4, 0.5) is 5.69 Å². The molecule has 0 unspecified atom stereocenters. The maximum absolute atomic E-state index is 12.3. The fourth-order valence-corrected chi connectivity index (χ4v) is 3.51. The molecular formula is C19H22ClN3O4S. The van der Waals surface area contributed by atoms with E-state index in [1.807, 2.05) is 12.1 Å². The lowest BCUT2D eigenvalue weighted by atomic mass is 10.1. The molecular weight excluding hydrogens is 402 g/mol. The number of rotatable bonds is 7. The minimum absolute atomic E-state index is 0.348. The van der Waals surface area contributed by atoms with Gasteiger partial charge in [0.25, 0.3) is 5.91 Å². The zero-order valence-electron chi connectivity index (χ0n) is 16.1. The summed E-state index contributed by atoms with van der Waals surface area (Å²) in [6.45, 7) is 3.06. The van der Waals surface area contributed by atoms with Gasteiger partial charge in [-0.25, -0.2) is 13.8 Å². The summed E-state index contributed by atoms with van der Waals surface area (Å²) in [4.78, 5) is 12.3. The van der Waals surface area contributed by atoms with Crippen molar-refractivity contribution >= 4 is 38.9 Å². The highest BCUT2D eigenvalue weighted by Gasteiger charge is 2.22. The molecule has 1 amide bonds. The first kappa shape index (κ1) is 21.7. The Bertz CT molecular complexity index is 989. The van der Waals surface area contributed by atoms with Gasteiger partial charge in [0.05, 0.1) is 24.8 Å². The van der Waals surface area contributed by atoms with Crippen molar-refractivity contribution in [1.82, 2.24) is 5.43 Å². The van der Waals surface area contributed by atoms with Crippen LogP contribution in [0.25, 0.3) is 0 Å². The van der Waals surface area contributed by atoms with Gasteiger partial charge < -0.3 is 4.74 Å². The summed E-state index contributed by atoms with van der Waals surface area (Å²) in [5, 5.41) is 4.43. The summed E-state index contributed by atoms with van der Waals surface area (Å²) < 4.78 is 30.5. The summed E-state index contributed by atoms with van der Waals surface area (Å²) >= 11 is 5.99. The number of benzene rings is 2. The normalized spacial score (nSPS) is 11.8. The highest BCUT2D eigenvalue weighted by Crippen LogP contribution is 2.26. The number of aryl methyl sites for hydroxylation is 1. The molecule has 0 bridgehead atoms. The Morgan fingerprint density at radius 1 is 1.21 bits per heavy atom. The Morgan fingerprint density at radius 2 is 1.86 bits per heavy atom. The number of amides is 1. The first-order valence-corrected chi connectivity index (χ1v) is 10.6. The zero-order valence-corrected chi connectivity index (χ0v) is 17.6. The molecule has 0 saturated carbocycles. The van der Waals surface area contributed by atoms with E-state index in [0.29, 0.717) is 27.7 Å². The Hall–Kier alpha value is -2.58. The van der Waals surface area contributed by atoms with Gasteiger partial charge >= 0.3 is 0 Å². The molecule has 0 atom stereocenters. The maximum atomic E-state index is 12.3. The van der Waals surface area contributed by atoms with Gasteiger partial charge in [0.2, 0.25) is 10.0 Å². The molecule has 0 aromatic heterocycles. The van der Waals surface area contributed by atoms with Gasteiger partial charge in [-0.3, -0.25) is 9.10 Å². The number of ether oxygens (including phenoxy) is 1. The van der Waals surface area contributed by atoms with E-state index in [1.165, 1.54) is 6.07 Å². The second-order valence-corrected chi connectivity index (χ2v) is 8.50. The van der Waals surface area contributed by atoms with E-state index in [9.17, 15) is 13.2 Å². The second-order valence-electron chi connectivity index (χ2n) is 6.16. The molecule has 0 heterocycles. The average molecular weight is 424 g/mol. The van der Waals surface area contributed by atoms with E-state index in [0.717, 1.165) is 16.1 Å². The molecule has 7 nitrogen and oxygen atoms in total. The minimum atomic E-state index is -3.70. The smallest absolute Gasteiger partial charge is 0.260 e. The first-order valence-electron chi connectivity index (χ1n) is 8.33. The lowest BCUT2D eigenvalue weighted by Gasteiger charge is -2.23. The topological polar surface area (TPSA) is 88.1 Å². The number of nitrogens with zero attached hydrogens (tertiary/aromatic N) is 2. The van der Waals surface area contributed by atoms with Crippen molar-refractivity contribution in [3.8, 4) is 5.75 Å². The van der Waals surface area contributed by atoms with Gasteiger partial charge in [-0.2, -0.15) is 5.10 Å². The van der Waals surface area contributed by atoms with Crippen molar-refractivity contribution in [1.29, 1.82) is 0 Å². The van der Waals surface area contributed by atoms with Crippen LogP contribution in [0, 0.1) is 6.92 Å². The van der Waals surface area contributed by atoms with E-state index >= 15 is 0 Å². The van der Waals surface area contributed by atoms with Crippen LogP contribution < -0.4 is 14.5 Å². The summed E-state index contributed by atoms with van der Waals surface area (Å²) in [5.74, 6) is 0.138. The van der Waals surface area contributed by atoms with Crippen LogP contribution in [-0.4, -0.2) is 39.9 Å². The molecule has 1 N–H and O–H groups in total. The monoisotopic (exact) mass is 423 g/mol. The minimum Gasteiger partial charge on any atom is -0.497 e. The van der Waals surface area contributed by atoms with Crippen LogP contribution in [0.15, 0.2) is 47.6 Å². The Kier molecular flexibility index (Phi) is 7.04. The number of hydrazone groups is 1. The number of sulfonamides is 1. The van der Waals surface area contributed by atoms with Crippen molar-refractivity contribution < 1.29 is 17.9 Å². The lowest BCUT2D eigenvalue weighted by Crippen LogP contribution is -2.39. The summed E-state index contributed by atoms with van der Waals surface area (Å²) in [6, 6.07) is 12.0. The van der Waals surface area contributed by atoms with E-state index in [4.69, 9.17) is 16.3 Å². The number of carbonyl (C=O) groups excluding carboxylic acids is 1. The van der Waals surface area contributed by atoms with Crippen LogP contribution in [0.1, 0.15) is 18.1 Å². The standard InChI is InChI=1S/C19H22ClN3O4S/c1-13-5-8-16(20)11-18(13)23(28(4,25)26)12-19(24)22-21-14(2)15-6-9-17(27-3)10-7-15/h5-11H,12H2,1-4H3,(H,22,24)/b21-14-. The molecule has 0 saturated heterocycles. The zero-order chi connectivity index (χ0) is 20.9. The number of hydrogen-bond acceptors (Lipinski definition) is 5. The number of carbonyl (C=O) groups is 1. The van der Waals surface area contributed by atoms with Crippen molar-refractivity contribution in [2.24, 2.45) is 5.10 Å². The highest BCUT2D eigenvalue weighted by atomic mass is 35.5. The first-order chi connectivity index (χ1) is 13.1. The van der Waals surface area contributed by atoms with Gasteiger partial charge in [0.1, 0.15) is 12.3 Å². The third-order valence-electron chi connectivity index (χ3n) is 3.98. The molecule has 0 radical (unpaired) electrons. The third-order valence-corrected chi connectivity index (χ3v) is 5.35. The largest absolute Gasteiger partial charge is 0.497 e. The number of nitrogens with one attached hydrogen (secondary N) is 1. The predicted molar refractivity (Wildman–Crippen MR) is 112 cm³/mol. The van der Waals surface area contributed by atoms with Crippen molar-refractivity contribution in [3.63, 3.8) is 0 Å². The summed E-state index contributed by atoms with van der Waals surface area (Å²) in [5.41, 5.74) is 4.79. The van der Waals surface area contributed by atoms with Gasteiger partial charge in [-0.1, -0.05) is 17.7 Å². The van der Waals surface area contributed by atoms with E-state index in [2.05, 4.69) is 10.5 Å². The van der Waals surface area contributed by atoms with Crippen LogP contribution >= 0.6 is 11.6 Å². The molecule has 9 heteroatoms. The Balaban J connectivity index is 2.16. The van der Waals surface area contributed by atoms with Crippen LogP contribution in [0.5, 0.6) is 5.75 Å². The number of hydrogen-bond donors (Lipinski definition) is 1. The Labute approximate surface area is 170 Å². The van der Waals surface area contributed by atoms with E-state index in [1.54, 1.807) is 45.2 Å². The molecule has 2 rings (SSSR count). The molecule has 0 aliphatic rings. The molecule has 0 spiro atoms. The van der Waals surface area contributed by atoms with Gasteiger partial charge in [-0.15, -0.1) is 0 Å². The molecule has 150 valence electrons. The van der Waals surface area contributed by atoms with Crippen LogP contribution in [0.3, 0.4) is 0 Å². The highest BCUT2D eigenvalue weighted by molar-refractivity contribution is 7.92. The molecule has 0 aliphatic carbocycles. The summed E-state index contributed by atoms with van der Waals surface area (Å²) in [7, 11) is -2.12. The van der Waals surface area contributed by atoms with Crippen molar-refractivity contribution in [2.75, 3.05) is 24.2 Å². The molecule has 0 aliphatic heterocycles.